The number of nitrogens with zero attached hydrogens (tertiary/aromatic N) is 4. The minimum absolute atomic E-state index is 0.377. The molecule has 0 aromatic rings. The molecule has 5 nitrogen and oxygen atoms in total. The lowest BCUT2D eigenvalue weighted by molar-refractivity contribution is 0.214. The summed E-state index contributed by atoms with van der Waals surface area (Å²) in [5.41, 5.74) is 7.74. The smallest absolute Gasteiger partial charge is 0.109 e. The van der Waals surface area contributed by atoms with Gasteiger partial charge in [0.2, 0.25) is 0 Å². The summed E-state index contributed by atoms with van der Waals surface area (Å²) in [6, 6.07) is 2.40. The Morgan fingerprint density at radius 1 is 1.67 bits per heavy atom. The molecule has 0 amide bonds. The van der Waals surface area contributed by atoms with E-state index in [1.165, 1.54) is 6.42 Å². The average Bonchev–Trinajstić information content (AvgIpc) is 2.27. The second-order valence-electron chi connectivity index (χ2n) is 4.11. The van der Waals surface area contributed by atoms with E-state index in [9.17, 15) is 5.26 Å². The SMILES string of the molecule is CC1CCCCC1(C#N)NCCN=[N+]=[N-]. The zero-order chi connectivity index (χ0) is 11.1. The number of rotatable bonds is 4. The van der Waals surface area contributed by atoms with E-state index in [-0.39, 0.29) is 0 Å². The van der Waals surface area contributed by atoms with Gasteiger partial charge in [0, 0.05) is 18.0 Å². The van der Waals surface area contributed by atoms with Crippen LogP contribution >= 0.6 is 0 Å². The highest BCUT2D eigenvalue weighted by Crippen LogP contribution is 2.32. The van der Waals surface area contributed by atoms with Crippen LogP contribution in [0.4, 0.5) is 0 Å². The van der Waals surface area contributed by atoms with Crippen molar-refractivity contribution in [1.82, 2.24) is 5.32 Å². The number of nitrogens with one attached hydrogen (secondary N) is 1. The van der Waals surface area contributed by atoms with Crippen molar-refractivity contribution in [1.29, 1.82) is 5.26 Å². The minimum Gasteiger partial charge on any atom is -0.299 e. The molecular weight excluding hydrogens is 190 g/mol. The van der Waals surface area contributed by atoms with Gasteiger partial charge in [-0.15, -0.1) is 0 Å². The number of hydrogen-bond donors (Lipinski definition) is 1. The highest BCUT2D eigenvalue weighted by molar-refractivity contribution is 5.11. The van der Waals surface area contributed by atoms with Crippen LogP contribution in [-0.4, -0.2) is 18.6 Å². The summed E-state index contributed by atoms with van der Waals surface area (Å²) in [5, 5.41) is 16.0. The first-order valence-corrected chi connectivity index (χ1v) is 5.42. The molecule has 0 radical (unpaired) electrons. The Hall–Kier alpha value is -1.24. The van der Waals surface area contributed by atoms with E-state index in [1.54, 1.807) is 0 Å². The summed E-state index contributed by atoms with van der Waals surface area (Å²) in [6.45, 7) is 3.11. The van der Waals surface area contributed by atoms with Gasteiger partial charge in [-0.3, -0.25) is 5.32 Å². The Labute approximate surface area is 90.1 Å². The van der Waals surface area contributed by atoms with Gasteiger partial charge in [-0.1, -0.05) is 24.9 Å². The van der Waals surface area contributed by atoms with Gasteiger partial charge in [-0.05, 0) is 24.3 Å². The summed E-state index contributed by atoms with van der Waals surface area (Å²) in [5.74, 6) is 0.377. The Morgan fingerprint density at radius 2 is 2.47 bits per heavy atom. The van der Waals surface area contributed by atoms with Crippen LogP contribution in [0.15, 0.2) is 5.11 Å². The van der Waals surface area contributed by atoms with Crippen molar-refractivity contribution in [3.63, 3.8) is 0 Å². The second kappa shape index (κ2) is 5.59. The molecule has 0 aliphatic heterocycles. The van der Waals surface area contributed by atoms with E-state index >= 15 is 0 Å². The molecule has 0 aromatic carbocycles. The van der Waals surface area contributed by atoms with Gasteiger partial charge in [0.1, 0.15) is 5.54 Å². The van der Waals surface area contributed by atoms with E-state index in [0.717, 1.165) is 19.3 Å². The lowest BCUT2D eigenvalue weighted by Crippen LogP contribution is -2.51. The molecule has 5 heteroatoms. The zero-order valence-electron chi connectivity index (χ0n) is 9.11. The molecule has 1 fully saturated rings. The molecule has 2 unspecified atom stereocenters. The topological polar surface area (TPSA) is 84.6 Å². The highest BCUT2D eigenvalue weighted by atomic mass is 15.1. The summed E-state index contributed by atoms with van der Waals surface area (Å²) < 4.78 is 0. The lowest BCUT2D eigenvalue weighted by atomic mass is 9.74. The summed E-state index contributed by atoms with van der Waals surface area (Å²) in [6.07, 6.45) is 4.32. The van der Waals surface area contributed by atoms with Gasteiger partial charge in [0.25, 0.3) is 0 Å². The van der Waals surface area contributed by atoms with Crippen molar-refractivity contribution in [2.45, 2.75) is 38.1 Å². The van der Waals surface area contributed by atoms with Gasteiger partial charge in [-0.25, -0.2) is 0 Å². The minimum atomic E-state index is -0.400. The molecule has 0 aromatic heterocycles. The quantitative estimate of drug-likeness (QED) is 0.332. The van der Waals surface area contributed by atoms with E-state index in [4.69, 9.17) is 5.53 Å². The molecule has 1 N–H and O–H groups in total. The van der Waals surface area contributed by atoms with Crippen LogP contribution in [0.2, 0.25) is 0 Å². The fourth-order valence-corrected chi connectivity index (χ4v) is 2.19. The zero-order valence-corrected chi connectivity index (χ0v) is 9.11. The van der Waals surface area contributed by atoms with Crippen LogP contribution in [0.3, 0.4) is 0 Å². The van der Waals surface area contributed by atoms with E-state index < -0.39 is 5.54 Å². The van der Waals surface area contributed by atoms with Crippen molar-refractivity contribution < 1.29 is 0 Å². The van der Waals surface area contributed by atoms with Crippen LogP contribution in [0.5, 0.6) is 0 Å². The number of azide groups is 1. The van der Waals surface area contributed by atoms with Gasteiger partial charge in [-0.2, -0.15) is 5.26 Å². The lowest BCUT2D eigenvalue weighted by Gasteiger charge is -2.37. The first kappa shape index (κ1) is 11.8. The normalized spacial score (nSPS) is 30.3. The van der Waals surface area contributed by atoms with Crippen molar-refractivity contribution in [2.24, 2.45) is 11.0 Å². The third kappa shape index (κ3) is 2.85. The Morgan fingerprint density at radius 3 is 3.07 bits per heavy atom. The standard InChI is InChI=1S/C10H17N5/c1-9-4-2-3-5-10(9,8-11)13-6-7-14-15-12/h9,13H,2-7H2,1H3. The van der Waals surface area contributed by atoms with Gasteiger partial charge in [0.05, 0.1) is 6.07 Å². The molecule has 0 bridgehead atoms. The van der Waals surface area contributed by atoms with Crippen LogP contribution < -0.4 is 5.32 Å². The molecular formula is C10H17N5. The molecule has 1 aliphatic rings. The maximum atomic E-state index is 9.25. The first-order valence-electron chi connectivity index (χ1n) is 5.42. The molecule has 1 saturated carbocycles. The fraction of sp³-hybridized carbons (Fsp3) is 0.900. The van der Waals surface area contributed by atoms with Gasteiger partial charge in [0.15, 0.2) is 0 Å². The predicted molar refractivity (Wildman–Crippen MR) is 58.0 cm³/mol. The van der Waals surface area contributed by atoms with E-state index in [0.29, 0.717) is 19.0 Å². The summed E-state index contributed by atoms with van der Waals surface area (Å²) in [4.78, 5) is 2.69. The molecule has 15 heavy (non-hydrogen) atoms. The van der Waals surface area contributed by atoms with Crippen LogP contribution in [-0.2, 0) is 0 Å². The highest BCUT2D eigenvalue weighted by Gasteiger charge is 2.37. The third-order valence-corrected chi connectivity index (χ3v) is 3.21. The molecule has 0 saturated heterocycles. The van der Waals surface area contributed by atoms with Crippen molar-refractivity contribution in [3.05, 3.63) is 10.4 Å². The molecule has 0 heterocycles. The van der Waals surface area contributed by atoms with Crippen molar-refractivity contribution in [2.75, 3.05) is 13.1 Å². The maximum absolute atomic E-state index is 9.25. The fourth-order valence-electron chi connectivity index (χ4n) is 2.19. The van der Waals surface area contributed by atoms with Crippen molar-refractivity contribution in [3.8, 4) is 6.07 Å². The van der Waals surface area contributed by atoms with Crippen LogP contribution in [0.1, 0.15) is 32.6 Å². The van der Waals surface area contributed by atoms with Crippen molar-refractivity contribution >= 4 is 0 Å². The van der Waals surface area contributed by atoms with E-state index in [2.05, 4.69) is 28.3 Å². The van der Waals surface area contributed by atoms with Gasteiger partial charge >= 0.3 is 0 Å². The third-order valence-electron chi connectivity index (χ3n) is 3.21. The molecule has 1 aliphatic carbocycles. The predicted octanol–water partition coefficient (Wildman–Crippen LogP) is 2.36. The van der Waals surface area contributed by atoms with E-state index in [1.807, 2.05) is 0 Å². The molecule has 2 atom stereocenters. The molecule has 0 spiro atoms. The second-order valence-corrected chi connectivity index (χ2v) is 4.11. The molecule has 82 valence electrons. The monoisotopic (exact) mass is 207 g/mol. The Bertz CT molecular complexity index is 289. The maximum Gasteiger partial charge on any atom is 0.109 e. The summed E-state index contributed by atoms with van der Waals surface area (Å²) in [7, 11) is 0. The number of nitriles is 1. The number of hydrogen-bond acceptors (Lipinski definition) is 3. The first-order chi connectivity index (χ1) is 7.25. The van der Waals surface area contributed by atoms with Gasteiger partial charge < -0.3 is 0 Å². The average molecular weight is 207 g/mol. The molecule has 1 rings (SSSR count). The largest absolute Gasteiger partial charge is 0.299 e. The van der Waals surface area contributed by atoms with Crippen LogP contribution in [0.25, 0.3) is 10.4 Å². The Kier molecular flexibility index (Phi) is 4.41. The summed E-state index contributed by atoms with van der Waals surface area (Å²) >= 11 is 0. The van der Waals surface area contributed by atoms with Crippen LogP contribution in [0, 0.1) is 17.2 Å². The Balaban J connectivity index is 2.52.